The van der Waals surface area contributed by atoms with E-state index < -0.39 is 0 Å². The molecule has 0 saturated heterocycles. The van der Waals surface area contributed by atoms with E-state index in [2.05, 4.69) is 47.6 Å². The maximum atomic E-state index is 4.49. The van der Waals surface area contributed by atoms with Gasteiger partial charge in [0.1, 0.15) is 5.84 Å². The fraction of sp³-hybridized carbons (Fsp3) is 0.417. The Morgan fingerprint density at radius 1 is 1.36 bits per heavy atom. The molecule has 1 aromatic rings. The largest absolute Gasteiger partial charge is 0.371 e. The predicted octanol–water partition coefficient (Wildman–Crippen LogP) is 2.18. The fourth-order valence-corrected chi connectivity index (χ4v) is 1.92. The third kappa shape index (κ3) is 1.79. The SMILES string of the molecule is CC[C@@H](C1=NCCN1)c1ccccc1. The number of rotatable bonds is 3. The molecule has 2 rings (SSSR count). The molecule has 1 aromatic carbocycles. The lowest BCUT2D eigenvalue weighted by molar-refractivity contribution is 0.815. The van der Waals surface area contributed by atoms with E-state index in [1.54, 1.807) is 0 Å². The van der Waals surface area contributed by atoms with Crippen LogP contribution in [0.2, 0.25) is 0 Å². The third-order valence-corrected chi connectivity index (χ3v) is 2.64. The van der Waals surface area contributed by atoms with Gasteiger partial charge in [-0.05, 0) is 12.0 Å². The van der Waals surface area contributed by atoms with Crippen LogP contribution in [0.25, 0.3) is 0 Å². The second-order valence-corrected chi connectivity index (χ2v) is 3.57. The van der Waals surface area contributed by atoms with E-state index >= 15 is 0 Å². The average molecular weight is 188 g/mol. The monoisotopic (exact) mass is 188 g/mol. The summed E-state index contributed by atoms with van der Waals surface area (Å²) in [6, 6.07) is 10.6. The van der Waals surface area contributed by atoms with Crippen LogP contribution >= 0.6 is 0 Å². The number of hydrogen-bond donors (Lipinski definition) is 1. The molecule has 0 saturated carbocycles. The van der Waals surface area contributed by atoms with Gasteiger partial charge in [0, 0.05) is 12.5 Å². The van der Waals surface area contributed by atoms with Crippen LogP contribution in [0.1, 0.15) is 24.8 Å². The smallest absolute Gasteiger partial charge is 0.104 e. The van der Waals surface area contributed by atoms with Gasteiger partial charge in [0.25, 0.3) is 0 Å². The van der Waals surface area contributed by atoms with Gasteiger partial charge in [-0.3, -0.25) is 4.99 Å². The van der Waals surface area contributed by atoms with Crippen molar-refractivity contribution in [3.05, 3.63) is 35.9 Å². The van der Waals surface area contributed by atoms with Crippen LogP contribution in [0.15, 0.2) is 35.3 Å². The van der Waals surface area contributed by atoms with Crippen LogP contribution in [0.5, 0.6) is 0 Å². The Balaban J connectivity index is 2.21. The number of nitrogens with zero attached hydrogens (tertiary/aromatic N) is 1. The van der Waals surface area contributed by atoms with Crippen LogP contribution in [-0.2, 0) is 0 Å². The summed E-state index contributed by atoms with van der Waals surface area (Å²) < 4.78 is 0. The van der Waals surface area contributed by atoms with E-state index in [0.29, 0.717) is 5.92 Å². The van der Waals surface area contributed by atoms with Crippen LogP contribution < -0.4 is 5.32 Å². The van der Waals surface area contributed by atoms with Crippen molar-refractivity contribution in [3.8, 4) is 0 Å². The first-order valence-electron chi connectivity index (χ1n) is 5.25. The molecular weight excluding hydrogens is 172 g/mol. The lowest BCUT2D eigenvalue weighted by atomic mass is 9.95. The second-order valence-electron chi connectivity index (χ2n) is 3.57. The summed E-state index contributed by atoms with van der Waals surface area (Å²) in [7, 11) is 0. The summed E-state index contributed by atoms with van der Waals surface area (Å²) in [6.07, 6.45) is 1.11. The Morgan fingerprint density at radius 2 is 2.14 bits per heavy atom. The molecule has 0 bridgehead atoms. The van der Waals surface area contributed by atoms with E-state index in [0.717, 1.165) is 19.5 Å². The number of benzene rings is 1. The van der Waals surface area contributed by atoms with Crippen molar-refractivity contribution in [3.63, 3.8) is 0 Å². The highest BCUT2D eigenvalue weighted by Gasteiger charge is 2.17. The zero-order valence-corrected chi connectivity index (χ0v) is 8.53. The van der Waals surface area contributed by atoms with E-state index in [9.17, 15) is 0 Å². The molecule has 14 heavy (non-hydrogen) atoms. The van der Waals surface area contributed by atoms with Gasteiger partial charge in [-0.1, -0.05) is 37.3 Å². The van der Waals surface area contributed by atoms with Crippen molar-refractivity contribution in [2.24, 2.45) is 4.99 Å². The Morgan fingerprint density at radius 3 is 2.71 bits per heavy atom. The van der Waals surface area contributed by atoms with E-state index in [1.165, 1.54) is 11.4 Å². The molecule has 1 atom stereocenters. The minimum Gasteiger partial charge on any atom is -0.371 e. The molecule has 0 radical (unpaired) electrons. The third-order valence-electron chi connectivity index (χ3n) is 2.64. The highest BCUT2D eigenvalue weighted by molar-refractivity contribution is 5.90. The minimum atomic E-state index is 0.457. The quantitative estimate of drug-likeness (QED) is 0.772. The van der Waals surface area contributed by atoms with Crippen LogP contribution in [-0.4, -0.2) is 18.9 Å². The first-order chi connectivity index (χ1) is 6.92. The summed E-state index contributed by atoms with van der Waals surface area (Å²) >= 11 is 0. The maximum absolute atomic E-state index is 4.49. The number of aliphatic imine (C=N–C) groups is 1. The Bertz CT molecular complexity index is 316. The van der Waals surface area contributed by atoms with Crippen molar-refractivity contribution in [2.75, 3.05) is 13.1 Å². The average Bonchev–Trinajstić information content (AvgIpc) is 2.74. The Hall–Kier alpha value is -1.31. The van der Waals surface area contributed by atoms with Crippen molar-refractivity contribution in [2.45, 2.75) is 19.3 Å². The minimum absolute atomic E-state index is 0.457. The van der Waals surface area contributed by atoms with Gasteiger partial charge in [-0.25, -0.2) is 0 Å². The summed E-state index contributed by atoms with van der Waals surface area (Å²) in [6.45, 7) is 4.14. The topological polar surface area (TPSA) is 24.4 Å². The molecule has 1 aliphatic heterocycles. The summed E-state index contributed by atoms with van der Waals surface area (Å²) in [5, 5.41) is 3.36. The van der Waals surface area contributed by atoms with E-state index in [-0.39, 0.29) is 0 Å². The van der Waals surface area contributed by atoms with Crippen molar-refractivity contribution in [1.82, 2.24) is 5.32 Å². The zero-order valence-electron chi connectivity index (χ0n) is 8.53. The Kier molecular flexibility index (Phi) is 2.82. The molecule has 1 heterocycles. The molecule has 0 aliphatic carbocycles. The zero-order chi connectivity index (χ0) is 9.80. The summed E-state index contributed by atoms with van der Waals surface area (Å²) in [5.74, 6) is 1.62. The van der Waals surface area contributed by atoms with Gasteiger partial charge in [0.05, 0.1) is 6.54 Å². The van der Waals surface area contributed by atoms with Crippen molar-refractivity contribution >= 4 is 5.84 Å². The van der Waals surface area contributed by atoms with Crippen molar-refractivity contribution < 1.29 is 0 Å². The molecule has 0 unspecified atom stereocenters. The molecule has 2 heteroatoms. The summed E-state index contributed by atoms with van der Waals surface area (Å²) in [5.41, 5.74) is 1.36. The highest BCUT2D eigenvalue weighted by atomic mass is 15.1. The molecule has 0 aromatic heterocycles. The molecule has 1 aliphatic rings. The molecule has 0 spiro atoms. The molecule has 0 fully saturated rings. The molecule has 74 valence electrons. The standard InChI is InChI=1S/C12H16N2/c1-2-11(12-13-8-9-14-12)10-6-4-3-5-7-10/h3-7,11H,2,8-9H2,1H3,(H,13,14)/t11-/m1/s1. The molecule has 0 amide bonds. The van der Waals surface area contributed by atoms with Gasteiger partial charge in [-0.2, -0.15) is 0 Å². The molecule has 1 N–H and O–H groups in total. The molecular formula is C12H16N2. The first-order valence-corrected chi connectivity index (χ1v) is 5.25. The number of amidine groups is 1. The highest BCUT2D eigenvalue weighted by Crippen LogP contribution is 2.21. The Labute approximate surface area is 85.1 Å². The maximum Gasteiger partial charge on any atom is 0.104 e. The van der Waals surface area contributed by atoms with Gasteiger partial charge < -0.3 is 5.32 Å². The molecule has 2 nitrogen and oxygen atoms in total. The lowest BCUT2D eigenvalue weighted by Gasteiger charge is -2.15. The van der Waals surface area contributed by atoms with Gasteiger partial charge in [0.2, 0.25) is 0 Å². The van der Waals surface area contributed by atoms with Gasteiger partial charge >= 0.3 is 0 Å². The predicted molar refractivity (Wildman–Crippen MR) is 59.8 cm³/mol. The van der Waals surface area contributed by atoms with E-state index in [4.69, 9.17) is 0 Å². The van der Waals surface area contributed by atoms with Crippen molar-refractivity contribution in [1.29, 1.82) is 0 Å². The first kappa shape index (κ1) is 9.25. The summed E-state index contributed by atoms with van der Waals surface area (Å²) in [4.78, 5) is 4.49. The van der Waals surface area contributed by atoms with Crippen LogP contribution in [0.3, 0.4) is 0 Å². The van der Waals surface area contributed by atoms with Gasteiger partial charge in [-0.15, -0.1) is 0 Å². The second kappa shape index (κ2) is 4.27. The normalized spacial score (nSPS) is 17.4. The lowest BCUT2D eigenvalue weighted by Crippen LogP contribution is -2.25. The van der Waals surface area contributed by atoms with Crippen LogP contribution in [0.4, 0.5) is 0 Å². The van der Waals surface area contributed by atoms with Crippen LogP contribution in [0, 0.1) is 0 Å². The van der Waals surface area contributed by atoms with E-state index in [1.807, 2.05) is 0 Å². The fourth-order valence-electron chi connectivity index (χ4n) is 1.92. The number of hydrogen-bond acceptors (Lipinski definition) is 2. The number of nitrogens with one attached hydrogen (secondary N) is 1. The van der Waals surface area contributed by atoms with Gasteiger partial charge in [0.15, 0.2) is 0 Å².